The third-order valence-electron chi connectivity index (χ3n) is 5.65. The molecule has 0 saturated carbocycles. The molecule has 31 heavy (non-hydrogen) atoms. The molecule has 4 rings (SSSR count). The number of aromatic nitrogens is 3. The Balaban J connectivity index is 1.58. The van der Waals surface area contributed by atoms with Crippen molar-refractivity contribution >= 4 is 5.91 Å². The van der Waals surface area contributed by atoms with Crippen molar-refractivity contribution in [1.82, 2.24) is 19.7 Å². The summed E-state index contributed by atoms with van der Waals surface area (Å²) in [5.74, 6) is 0.751. The summed E-state index contributed by atoms with van der Waals surface area (Å²) in [7, 11) is 3.56. The van der Waals surface area contributed by atoms with Crippen molar-refractivity contribution in [2.24, 2.45) is 7.05 Å². The molecule has 0 bridgehead atoms. The van der Waals surface area contributed by atoms with Crippen LogP contribution in [0.3, 0.4) is 0 Å². The zero-order valence-corrected chi connectivity index (χ0v) is 18.2. The number of benzene rings is 1. The molecular weight excluding hydrogens is 392 g/mol. The quantitative estimate of drug-likeness (QED) is 0.544. The lowest BCUT2D eigenvalue weighted by molar-refractivity contribution is 0.0733. The molecule has 3 aromatic rings. The Hall–Kier alpha value is -3.19. The fourth-order valence-corrected chi connectivity index (χ4v) is 4.13. The number of aryl methyl sites for hydroxylation is 2. The fraction of sp³-hybridized carbons (Fsp3) is 0.375. The number of methoxy groups -OCH3 is 1. The summed E-state index contributed by atoms with van der Waals surface area (Å²) in [6.45, 7) is 3.78. The molecular formula is C24H28N4O3. The predicted molar refractivity (Wildman–Crippen MR) is 118 cm³/mol. The first-order valence-electron chi connectivity index (χ1n) is 10.6. The van der Waals surface area contributed by atoms with Gasteiger partial charge in [0.1, 0.15) is 12.4 Å². The van der Waals surface area contributed by atoms with Crippen LogP contribution in [-0.4, -0.2) is 52.4 Å². The van der Waals surface area contributed by atoms with Gasteiger partial charge in [-0.15, -0.1) is 0 Å². The van der Waals surface area contributed by atoms with Gasteiger partial charge >= 0.3 is 0 Å². The summed E-state index contributed by atoms with van der Waals surface area (Å²) in [5, 5.41) is 4.76. The van der Waals surface area contributed by atoms with Crippen LogP contribution in [0.4, 0.5) is 0 Å². The molecule has 1 amide bonds. The van der Waals surface area contributed by atoms with Crippen molar-refractivity contribution in [2.75, 3.05) is 26.9 Å². The van der Waals surface area contributed by atoms with Gasteiger partial charge in [-0.05, 0) is 61.2 Å². The largest absolute Gasteiger partial charge is 0.491 e. The van der Waals surface area contributed by atoms with E-state index in [1.807, 2.05) is 66.3 Å². The predicted octanol–water partition coefficient (Wildman–Crippen LogP) is 3.79. The number of pyridine rings is 1. The summed E-state index contributed by atoms with van der Waals surface area (Å²) in [5.41, 5.74) is 4.87. The summed E-state index contributed by atoms with van der Waals surface area (Å²) in [6.07, 6.45) is 7.55. The van der Waals surface area contributed by atoms with E-state index in [-0.39, 0.29) is 11.9 Å². The highest BCUT2D eigenvalue weighted by Gasteiger charge is 2.34. The molecule has 0 aliphatic carbocycles. The topological polar surface area (TPSA) is 69.5 Å². The normalized spacial score (nSPS) is 16.0. The monoisotopic (exact) mass is 420 g/mol. The molecule has 1 aliphatic heterocycles. The second-order valence-electron chi connectivity index (χ2n) is 7.81. The van der Waals surface area contributed by atoms with Crippen molar-refractivity contribution in [3.8, 4) is 16.9 Å². The van der Waals surface area contributed by atoms with E-state index < -0.39 is 0 Å². The van der Waals surface area contributed by atoms with Gasteiger partial charge in [0.05, 0.1) is 18.3 Å². The number of nitrogens with zero attached hydrogens (tertiary/aromatic N) is 4. The number of carbonyl (C=O) groups excluding carboxylic acids is 1. The van der Waals surface area contributed by atoms with E-state index >= 15 is 0 Å². The summed E-state index contributed by atoms with van der Waals surface area (Å²) in [4.78, 5) is 19.5. The molecule has 3 heterocycles. The molecule has 0 spiro atoms. The second-order valence-corrected chi connectivity index (χ2v) is 7.81. The molecule has 2 aromatic heterocycles. The van der Waals surface area contributed by atoms with Crippen LogP contribution in [0.25, 0.3) is 11.1 Å². The molecule has 162 valence electrons. The van der Waals surface area contributed by atoms with Gasteiger partial charge in [-0.3, -0.25) is 14.5 Å². The Labute approximate surface area is 182 Å². The molecule has 1 aromatic carbocycles. The Bertz CT molecular complexity index is 1050. The highest BCUT2D eigenvalue weighted by Crippen LogP contribution is 2.38. The van der Waals surface area contributed by atoms with E-state index in [4.69, 9.17) is 14.6 Å². The third kappa shape index (κ3) is 4.46. The lowest BCUT2D eigenvalue weighted by atomic mass is 9.98. The smallest absolute Gasteiger partial charge is 0.254 e. The van der Waals surface area contributed by atoms with Gasteiger partial charge in [0.25, 0.3) is 5.91 Å². The SMILES string of the molecule is COCCOc1ccc(C(=O)N2CCCC2c2nn(C)cc2-c2ccncc2C)cc1. The molecule has 1 aliphatic rings. The van der Waals surface area contributed by atoms with Gasteiger partial charge in [-0.25, -0.2) is 0 Å². The minimum atomic E-state index is -0.0473. The van der Waals surface area contributed by atoms with E-state index in [1.54, 1.807) is 13.3 Å². The van der Waals surface area contributed by atoms with Gasteiger partial charge in [0.15, 0.2) is 0 Å². The van der Waals surface area contributed by atoms with Gasteiger partial charge in [-0.1, -0.05) is 0 Å². The van der Waals surface area contributed by atoms with E-state index in [0.29, 0.717) is 18.8 Å². The Morgan fingerprint density at radius 3 is 2.71 bits per heavy atom. The molecule has 7 nitrogen and oxygen atoms in total. The Kier molecular flexibility index (Phi) is 6.32. The first-order chi connectivity index (χ1) is 15.1. The summed E-state index contributed by atoms with van der Waals surface area (Å²) < 4.78 is 12.4. The van der Waals surface area contributed by atoms with Crippen molar-refractivity contribution in [3.63, 3.8) is 0 Å². The van der Waals surface area contributed by atoms with Crippen LogP contribution in [0.15, 0.2) is 48.9 Å². The zero-order valence-electron chi connectivity index (χ0n) is 18.2. The number of likely N-dealkylation sites (tertiary alicyclic amines) is 1. The maximum absolute atomic E-state index is 13.3. The Morgan fingerprint density at radius 1 is 1.16 bits per heavy atom. The number of ether oxygens (including phenoxy) is 2. The molecule has 1 atom stereocenters. The van der Waals surface area contributed by atoms with Crippen LogP contribution in [-0.2, 0) is 11.8 Å². The molecule has 1 saturated heterocycles. The fourth-order valence-electron chi connectivity index (χ4n) is 4.13. The standard InChI is InChI=1S/C24H28N4O3/c1-17-15-25-11-10-20(17)21-16-27(2)26-23(21)22-5-4-12-28(22)24(29)18-6-8-19(9-7-18)31-14-13-30-3/h6-11,15-16,22H,4-5,12-14H2,1-3H3. The van der Waals surface area contributed by atoms with Crippen LogP contribution in [0.2, 0.25) is 0 Å². The van der Waals surface area contributed by atoms with E-state index in [2.05, 4.69) is 4.98 Å². The summed E-state index contributed by atoms with van der Waals surface area (Å²) in [6, 6.07) is 9.28. The van der Waals surface area contributed by atoms with Crippen molar-refractivity contribution < 1.29 is 14.3 Å². The first kappa shape index (κ1) is 21.1. The van der Waals surface area contributed by atoms with Crippen molar-refractivity contribution in [1.29, 1.82) is 0 Å². The average molecular weight is 421 g/mol. The van der Waals surface area contributed by atoms with Crippen LogP contribution < -0.4 is 4.74 Å². The number of hydrogen-bond donors (Lipinski definition) is 0. The second kappa shape index (κ2) is 9.31. The van der Waals surface area contributed by atoms with Crippen LogP contribution in [0.1, 0.15) is 40.5 Å². The Morgan fingerprint density at radius 2 is 1.97 bits per heavy atom. The number of carbonyl (C=O) groups is 1. The van der Waals surface area contributed by atoms with Gasteiger partial charge in [0, 0.05) is 50.4 Å². The maximum Gasteiger partial charge on any atom is 0.254 e. The van der Waals surface area contributed by atoms with E-state index in [1.165, 1.54) is 0 Å². The summed E-state index contributed by atoms with van der Waals surface area (Å²) >= 11 is 0. The van der Waals surface area contributed by atoms with Gasteiger partial charge in [0.2, 0.25) is 0 Å². The number of hydrogen-bond acceptors (Lipinski definition) is 5. The van der Waals surface area contributed by atoms with E-state index in [9.17, 15) is 4.79 Å². The highest BCUT2D eigenvalue weighted by atomic mass is 16.5. The maximum atomic E-state index is 13.3. The van der Waals surface area contributed by atoms with E-state index in [0.717, 1.165) is 47.5 Å². The average Bonchev–Trinajstić information content (AvgIpc) is 3.41. The molecule has 7 heteroatoms. The molecule has 0 radical (unpaired) electrons. The zero-order chi connectivity index (χ0) is 21.8. The minimum Gasteiger partial charge on any atom is -0.491 e. The number of amides is 1. The molecule has 0 N–H and O–H groups in total. The molecule has 1 unspecified atom stereocenters. The van der Waals surface area contributed by atoms with Gasteiger partial charge in [-0.2, -0.15) is 5.10 Å². The van der Waals surface area contributed by atoms with Crippen LogP contribution >= 0.6 is 0 Å². The van der Waals surface area contributed by atoms with Gasteiger partial charge < -0.3 is 14.4 Å². The van der Waals surface area contributed by atoms with Crippen LogP contribution in [0.5, 0.6) is 5.75 Å². The molecule has 1 fully saturated rings. The lowest BCUT2D eigenvalue weighted by Crippen LogP contribution is -2.31. The van der Waals surface area contributed by atoms with Crippen molar-refractivity contribution in [3.05, 3.63) is 65.7 Å². The number of rotatable bonds is 7. The third-order valence-corrected chi connectivity index (χ3v) is 5.65. The van der Waals surface area contributed by atoms with Crippen LogP contribution in [0, 0.1) is 6.92 Å². The minimum absolute atomic E-state index is 0.0222. The first-order valence-corrected chi connectivity index (χ1v) is 10.6. The lowest BCUT2D eigenvalue weighted by Gasteiger charge is -2.25. The van der Waals surface area contributed by atoms with Crippen molar-refractivity contribution in [2.45, 2.75) is 25.8 Å². The highest BCUT2D eigenvalue weighted by molar-refractivity contribution is 5.95.